The first-order valence-electron chi connectivity index (χ1n) is 6.49. The van der Waals surface area contributed by atoms with Crippen LogP contribution in [0.25, 0.3) is 0 Å². The predicted octanol–water partition coefficient (Wildman–Crippen LogP) is 0.102. The van der Waals surface area contributed by atoms with Crippen molar-refractivity contribution in [2.75, 3.05) is 0 Å². The van der Waals surface area contributed by atoms with Gasteiger partial charge in [0.25, 0.3) is 5.91 Å². The van der Waals surface area contributed by atoms with Crippen LogP contribution in [0.2, 0.25) is 0 Å². The van der Waals surface area contributed by atoms with Gasteiger partial charge in [0.1, 0.15) is 11.7 Å². The molecule has 1 atom stereocenters. The van der Waals surface area contributed by atoms with Crippen molar-refractivity contribution in [3.63, 3.8) is 0 Å². The fourth-order valence-corrected chi connectivity index (χ4v) is 2.18. The quantitative estimate of drug-likeness (QED) is 0.629. The van der Waals surface area contributed by atoms with Gasteiger partial charge < -0.3 is 0 Å². The maximum absolute atomic E-state index is 12.4. The summed E-state index contributed by atoms with van der Waals surface area (Å²) in [6.07, 6.45) is 2.00. The van der Waals surface area contributed by atoms with Gasteiger partial charge >= 0.3 is 0 Å². The van der Waals surface area contributed by atoms with E-state index >= 15 is 0 Å². The Labute approximate surface area is 121 Å². The molecule has 7 heteroatoms. The van der Waals surface area contributed by atoms with Gasteiger partial charge in [-0.05, 0) is 37.5 Å². The molecule has 0 bridgehead atoms. The minimum Gasteiger partial charge on any atom is -0.295 e. The maximum Gasteiger partial charge on any atom is 0.279 e. The summed E-state index contributed by atoms with van der Waals surface area (Å²) in [5, 5.41) is 2.13. The molecule has 1 aromatic heterocycles. The van der Waals surface area contributed by atoms with Gasteiger partial charge in [0.05, 0.1) is 0 Å². The molecule has 1 fully saturated rings. The van der Waals surface area contributed by atoms with Gasteiger partial charge in [0.2, 0.25) is 18.2 Å². The molecule has 0 spiro atoms. The predicted molar refractivity (Wildman–Crippen MR) is 72.1 cm³/mol. The van der Waals surface area contributed by atoms with Gasteiger partial charge in [-0.1, -0.05) is 0 Å². The summed E-state index contributed by atoms with van der Waals surface area (Å²) in [6, 6.07) is 0.776. The molecule has 110 valence electrons. The summed E-state index contributed by atoms with van der Waals surface area (Å²) < 4.78 is 0. The first-order valence-corrected chi connectivity index (χ1v) is 6.49. The Morgan fingerprint density at radius 3 is 2.76 bits per heavy atom. The van der Waals surface area contributed by atoms with Crippen molar-refractivity contribution in [3.05, 3.63) is 29.1 Å². The molecule has 1 unspecified atom stereocenters. The highest BCUT2D eigenvalue weighted by Gasteiger charge is 2.35. The van der Waals surface area contributed by atoms with E-state index in [0.29, 0.717) is 12.0 Å². The van der Waals surface area contributed by atoms with Gasteiger partial charge in [-0.25, -0.2) is 0 Å². The Balaban J connectivity index is 2.31. The minimum absolute atomic E-state index is 0.0915. The number of hydrogen-bond acceptors (Lipinski definition) is 5. The normalized spacial score (nSPS) is 18.1. The molecule has 1 aliphatic rings. The van der Waals surface area contributed by atoms with E-state index < -0.39 is 23.8 Å². The number of piperidine rings is 1. The summed E-state index contributed by atoms with van der Waals surface area (Å²) in [7, 11) is 0. The van der Waals surface area contributed by atoms with E-state index in [0.717, 1.165) is 10.5 Å². The minimum atomic E-state index is -0.977. The van der Waals surface area contributed by atoms with Crippen LogP contribution in [-0.4, -0.2) is 40.1 Å². The van der Waals surface area contributed by atoms with Gasteiger partial charge in [-0.3, -0.25) is 34.4 Å². The Morgan fingerprint density at radius 2 is 2.14 bits per heavy atom. The molecule has 0 saturated carbocycles. The van der Waals surface area contributed by atoms with Crippen LogP contribution in [0.1, 0.15) is 34.5 Å². The van der Waals surface area contributed by atoms with E-state index in [1.54, 1.807) is 13.0 Å². The lowest BCUT2D eigenvalue weighted by Gasteiger charge is -2.28. The second-order valence-corrected chi connectivity index (χ2v) is 4.89. The van der Waals surface area contributed by atoms with Crippen molar-refractivity contribution in [1.82, 2.24) is 15.2 Å². The van der Waals surface area contributed by atoms with Crippen molar-refractivity contribution >= 4 is 24.1 Å². The number of amides is 4. The average Bonchev–Trinajstić information content (AvgIpc) is 2.44. The van der Waals surface area contributed by atoms with Crippen LogP contribution >= 0.6 is 0 Å². The molecular formula is C14H15N3O4. The first kappa shape index (κ1) is 14.8. The third kappa shape index (κ3) is 2.81. The number of aromatic nitrogens is 1. The number of hydrogen-bond donors (Lipinski definition) is 1. The summed E-state index contributed by atoms with van der Waals surface area (Å²) in [4.78, 5) is 51.4. The molecule has 0 aliphatic carbocycles. The molecule has 0 radical (unpaired) electrons. The highest BCUT2D eigenvalue weighted by Crippen LogP contribution is 2.17. The fourth-order valence-electron chi connectivity index (χ4n) is 2.18. The van der Waals surface area contributed by atoms with E-state index in [1.807, 2.05) is 6.92 Å². The zero-order valence-corrected chi connectivity index (χ0v) is 11.8. The molecule has 1 aromatic rings. The van der Waals surface area contributed by atoms with Crippen LogP contribution in [0.5, 0.6) is 0 Å². The SMILES string of the molecule is Cc1ccnc(C(=O)N(C=O)C2CCC(=O)NC2=O)c1C. The second-order valence-electron chi connectivity index (χ2n) is 4.89. The smallest absolute Gasteiger partial charge is 0.279 e. The molecule has 1 N–H and O–H groups in total. The topological polar surface area (TPSA) is 96.4 Å². The zero-order valence-electron chi connectivity index (χ0n) is 11.8. The average molecular weight is 289 g/mol. The summed E-state index contributed by atoms with van der Waals surface area (Å²) in [5.41, 5.74) is 1.65. The Hall–Kier alpha value is -2.57. The molecule has 7 nitrogen and oxygen atoms in total. The largest absolute Gasteiger partial charge is 0.295 e. The van der Waals surface area contributed by atoms with Gasteiger partial charge in [-0.2, -0.15) is 0 Å². The van der Waals surface area contributed by atoms with Gasteiger partial charge in [0.15, 0.2) is 0 Å². The molecule has 4 amide bonds. The second kappa shape index (κ2) is 5.82. The zero-order chi connectivity index (χ0) is 15.6. The molecule has 0 aromatic carbocycles. The summed E-state index contributed by atoms with van der Waals surface area (Å²) >= 11 is 0. The standard InChI is InChI=1S/C14H15N3O4/c1-8-5-6-15-12(9(8)2)14(21)17(7-18)10-3-4-11(19)16-13(10)20/h5-7,10H,3-4H2,1-2H3,(H,16,19,20). The molecular weight excluding hydrogens is 274 g/mol. The number of rotatable bonds is 3. The Kier molecular flexibility index (Phi) is 4.11. The van der Waals surface area contributed by atoms with Crippen LogP contribution in [-0.2, 0) is 14.4 Å². The van der Waals surface area contributed by atoms with Crippen molar-refractivity contribution in [2.24, 2.45) is 0 Å². The molecule has 1 saturated heterocycles. The fraction of sp³-hybridized carbons (Fsp3) is 0.357. The monoisotopic (exact) mass is 289 g/mol. The lowest BCUT2D eigenvalue weighted by Crippen LogP contribution is -2.54. The van der Waals surface area contributed by atoms with Crippen LogP contribution < -0.4 is 5.32 Å². The summed E-state index contributed by atoms with van der Waals surface area (Å²) in [5.74, 6) is -1.68. The van der Waals surface area contributed by atoms with Crippen LogP contribution in [0.15, 0.2) is 12.3 Å². The third-order valence-electron chi connectivity index (χ3n) is 3.57. The van der Waals surface area contributed by atoms with E-state index in [4.69, 9.17) is 0 Å². The first-order chi connectivity index (χ1) is 9.95. The van der Waals surface area contributed by atoms with E-state index in [9.17, 15) is 19.2 Å². The van der Waals surface area contributed by atoms with Crippen molar-refractivity contribution in [3.8, 4) is 0 Å². The van der Waals surface area contributed by atoms with Gasteiger partial charge in [-0.15, -0.1) is 0 Å². The van der Waals surface area contributed by atoms with Gasteiger partial charge in [0, 0.05) is 12.6 Å². The Morgan fingerprint density at radius 1 is 1.43 bits per heavy atom. The van der Waals surface area contributed by atoms with E-state index in [2.05, 4.69) is 10.3 Å². The van der Waals surface area contributed by atoms with Crippen molar-refractivity contribution < 1.29 is 19.2 Å². The number of carbonyl (C=O) groups excluding carboxylic acids is 4. The lowest BCUT2D eigenvalue weighted by molar-refractivity contribution is -0.139. The number of imide groups is 2. The van der Waals surface area contributed by atoms with Crippen molar-refractivity contribution in [1.29, 1.82) is 0 Å². The number of aryl methyl sites for hydroxylation is 1. The van der Waals surface area contributed by atoms with Crippen LogP contribution in [0, 0.1) is 13.8 Å². The number of pyridine rings is 1. The summed E-state index contributed by atoms with van der Waals surface area (Å²) in [6.45, 7) is 3.55. The highest BCUT2D eigenvalue weighted by molar-refractivity contribution is 6.06. The number of nitrogens with zero attached hydrogens (tertiary/aromatic N) is 2. The van der Waals surface area contributed by atoms with E-state index in [1.165, 1.54) is 6.20 Å². The molecule has 1 aliphatic heterocycles. The molecule has 2 rings (SSSR count). The Bertz CT molecular complexity index is 627. The maximum atomic E-state index is 12.4. The highest BCUT2D eigenvalue weighted by atomic mass is 16.2. The van der Waals surface area contributed by atoms with Crippen molar-refractivity contribution in [2.45, 2.75) is 32.7 Å². The number of nitrogens with one attached hydrogen (secondary N) is 1. The third-order valence-corrected chi connectivity index (χ3v) is 3.57. The lowest BCUT2D eigenvalue weighted by atomic mass is 10.0. The molecule has 21 heavy (non-hydrogen) atoms. The van der Waals surface area contributed by atoms with E-state index in [-0.39, 0.29) is 18.5 Å². The number of carbonyl (C=O) groups is 4. The molecule has 2 heterocycles. The van der Waals surface area contributed by atoms with Crippen LogP contribution in [0.3, 0.4) is 0 Å². The van der Waals surface area contributed by atoms with Crippen LogP contribution in [0.4, 0.5) is 0 Å².